The Morgan fingerprint density at radius 3 is 2.50 bits per heavy atom. The second-order valence-corrected chi connectivity index (χ2v) is 3.87. The Kier molecular flexibility index (Phi) is 11.7. The SMILES string of the molecule is CCOCCCN(CCBr)CCOC. The number of alkyl halides is 1. The number of nitrogens with zero attached hydrogens (tertiary/aromatic N) is 1. The Bertz CT molecular complexity index is 114. The van der Waals surface area contributed by atoms with E-state index in [0.29, 0.717) is 0 Å². The van der Waals surface area contributed by atoms with Crippen molar-refractivity contribution in [3.05, 3.63) is 0 Å². The first kappa shape index (κ1) is 14.4. The lowest BCUT2D eigenvalue weighted by Crippen LogP contribution is -2.30. The molecular weight excluding hydrogens is 246 g/mol. The summed E-state index contributed by atoms with van der Waals surface area (Å²) in [6.45, 7) is 7.69. The predicted octanol–water partition coefficient (Wildman–Crippen LogP) is 1.76. The van der Waals surface area contributed by atoms with Gasteiger partial charge >= 0.3 is 0 Å². The summed E-state index contributed by atoms with van der Waals surface area (Å²) in [5.41, 5.74) is 0. The summed E-state index contributed by atoms with van der Waals surface area (Å²) in [5, 5.41) is 1.02. The van der Waals surface area contributed by atoms with E-state index in [1.54, 1.807) is 7.11 Å². The number of hydrogen-bond acceptors (Lipinski definition) is 3. The topological polar surface area (TPSA) is 21.7 Å². The van der Waals surface area contributed by atoms with Gasteiger partial charge in [0.05, 0.1) is 6.61 Å². The van der Waals surface area contributed by atoms with E-state index < -0.39 is 0 Å². The van der Waals surface area contributed by atoms with Crippen LogP contribution in [0, 0.1) is 0 Å². The van der Waals surface area contributed by atoms with Gasteiger partial charge in [0.25, 0.3) is 0 Å². The number of methoxy groups -OCH3 is 1. The van der Waals surface area contributed by atoms with E-state index in [2.05, 4.69) is 20.8 Å². The van der Waals surface area contributed by atoms with E-state index in [0.717, 1.165) is 51.2 Å². The van der Waals surface area contributed by atoms with Crippen LogP contribution in [-0.2, 0) is 9.47 Å². The van der Waals surface area contributed by atoms with Gasteiger partial charge in [-0.25, -0.2) is 0 Å². The van der Waals surface area contributed by atoms with Crippen LogP contribution in [0.1, 0.15) is 13.3 Å². The van der Waals surface area contributed by atoms with Crippen LogP contribution < -0.4 is 0 Å². The second kappa shape index (κ2) is 11.4. The molecule has 0 spiro atoms. The number of ether oxygens (including phenoxy) is 2. The zero-order valence-electron chi connectivity index (χ0n) is 9.30. The molecule has 14 heavy (non-hydrogen) atoms. The smallest absolute Gasteiger partial charge is 0.0589 e. The average Bonchev–Trinajstić information content (AvgIpc) is 2.20. The van der Waals surface area contributed by atoms with Crippen LogP contribution in [0.2, 0.25) is 0 Å². The molecule has 0 fully saturated rings. The molecule has 0 saturated carbocycles. The molecule has 0 aliphatic heterocycles. The van der Waals surface area contributed by atoms with Crippen LogP contribution in [-0.4, -0.2) is 56.8 Å². The number of hydrogen-bond donors (Lipinski definition) is 0. The van der Waals surface area contributed by atoms with Gasteiger partial charge in [0.1, 0.15) is 0 Å². The molecule has 0 bridgehead atoms. The molecule has 0 aromatic rings. The average molecular weight is 268 g/mol. The van der Waals surface area contributed by atoms with Crippen molar-refractivity contribution in [2.75, 3.05) is 51.9 Å². The molecule has 0 saturated heterocycles. The third kappa shape index (κ3) is 8.94. The van der Waals surface area contributed by atoms with Gasteiger partial charge in [0.15, 0.2) is 0 Å². The van der Waals surface area contributed by atoms with Gasteiger partial charge in [-0.1, -0.05) is 15.9 Å². The van der Waals surface area contributed by atoms with E-state index in [1.165, 1.54) is 0 Å². The summed E-state index contributed by atoms with van der Waals surface area (Å²) in [6, 6.07) is 0. The summed E-state index contributed by atoms with van der Waals surface area (Å²) >= 11 is 3.45. The van der Waals surface area contributed by atoms with Crippen LogP contribution in [0.5, 0.6) is 0 Å². The highest BCUT2D eigenvalue weighted by Gasteiger charge is 2.02. The van der Waals surface area contributed by atoms with Gasteiger partial charge in [0.2, 0.25) is 0 Å². The Hall–Kier alpha value is 0.360. The molecular formula is C10H22BrNO2. The Morgan fingerprint density at radius 2 is 1.93 bits per heavy atom. The van der Waals surface area contributed by atoms with Gasteiger partial charge < -0.3 is 14.4 Å². The predicted molar refractivity (Wildman–Crippen MR) is 63.2 cm³/mol. The first-order chi connectivity index (χ1) is 6.85. The fraction of sp³-hybridized carbons (Fsp3) is 1.00. The molecule has 0 atom stereocenters. The van der Waals surface area contributed by atoms with Crippen LogP contribution in [0.25, 0.3) is 0 Å². The number of halogens is 1. The van der Waals surface area contributed by atoms with Crippen molar-refractivity contribution in [3.63, 3.8) is 0 Å². The normalized spacial score (nSPS) is 11.1. The quantitative estimate of drug-likeness (QED) is 0.445. The largest absolute Gasteiger partial charge is 0.383 e. The fourth-order valence-electron chi connectivity index (χ4n) is 1.21. The summed E-state index contributed by atoms with van der Waals surface area (Å²) in [6.07, 6.45) is 1.10. The Labute approximate surface area is 95.9 Å². The van der Waals surface area contributed by atoms with Crippen molar-refractivity contribution >= 4 is 15.9 Å². The van der Waals surface area contributed by atoms with E-state index in [1.807, 2.05) is 6.92 Å². The number of rotatable bonds is 10. The molecule has 0 radical (unpaired) electrons. The first-order valence-electron chi connectivity index (χ1n) is 5.20. The molecule has 0 aromatic carbocycles. The minimum atomic E-state index is 0.807. The van der Waals surface area contributed by atoms with Crippen molar-refractivity contribution in [2.45, 2.75) is 13.3 Å². The molecule has 0 amide bonds. The first-order valence-corrected chi connectivity index (χ1v) is 6.32. The van der Waals surface area contributed by atoms with E-state index in [9.17, 15) is 0 Å². The van der Waals surface area contributed by atoms with Crippen molar-refractivity contribution in [1.29, 1.82) is 0 Å². The maximum atomic E-state index is 5.30. The molecule has 0 aliphatic rings. The minimum Gasteiger partial charge on any atom is -0.383 e. The summed E-state index contributed by atoms with van der Waals surface area (Å²) in [5.74, 6) is 0. The molecule has 0 aromatic heterocycles. The third-order valence-electron chi connectivity index (χ3n) is 1.98. The van der Waals surface area contributed by atoms with Crippen molar-refractivity contribution in [3.8, 4) is 0 Å². The minimum absolute atomic E-state index is 0.807. The summed E-state index contributed by atoms with van der Waals surface area (Å²) in [7, 11) is 1.74. The zero-order chi connectivity index (χ0) is 10.6. The van der Waals surface area contributed by atoms with Gasteiger partial charge in [0, 0.05) is 45.3 Å². The summed E-state index contributed by atoms with van der Waals surface area (Å²) < 4.78 is 10.4. The van der Waals surface area contributed by atoms with Crippen LogP contribution in [0.4, 0.5) is 0 Å². The molecule has 3 nitrogen and oxygen atoms in total. The molecule has 0 N–H and O–H groups in total. The van der Waals surface area contributed by atoms with E-state index >= 15 is 0 Å². The zero-order valence-corrected chi connectivity index (χ0v) is 10.9. The highest BCUT2D eigenvalue weighted by Crippen LogP contribution is 1.95. The van der Waals surface area contributed by atoms with Gasteiger partial charge in [-0.3, -0.25) is 0 Å². The lowest BCUT2D eigenvalue weighted by Gasteiger charge is -2.20. The van der Waals surface area contributed by atoms with Gasteiger partial charge in [-0.15, -0.1) is 0 Å². The highest BCUT2D eigenvalue weighted by atomic mass is 79.9. The molecule has 4 heteroatoms. The maximum Gasteiger partial charge on any atom is 0.0589 e. The lowest BCUT2D eigenvalue weighted by atomic mass is 10.4. The van der Waals surface area contributed by atoms with Gasteiger partial charge in [-0.2, -0.15) is 0 Å². The van der Waals surface area contributed by atoms with E-state index in [-0.39, 0.29) is 0 Å². The fourth-order valence-corrected chi connectivity index (χ4v) is 1.71. The monoisotopic (exact) mass is 267 g/mol. The Balaban J connectivity index is 3.40. The molecule has 0 rings (SSSR count). The second-order valence-electron chi connectivity index (χ2n) is 3.07. The van der Waals surface area contributed by atoms with Crippen LogP contribution >= 0.6 is 15.9 Å². The van der Waals surface area contributed by atoms with Crippen molar-refractivity contribution < 1.29 is 9.47 Å². The third-order valence-corrected chi connectivity index (χ3v) is 2.33. The van der Waals surface area contributed by atoms with Crippen LogP contribution in [0.3, 0.4) is 0 Å². The molecule has 0 unspecified atom stereocenters. The lowest BCUT2D eigenvalue weighted by molar-refractivity contribution is 0.119. The summed E-state index contributed by atoms with van der Waals surface area (Å²) in [4.78, 5) is 2.39. The highest BCUT2D eigenvalue weighted by molar-refractivity contribution is 9.09. The van der Waals surface area contributed by atoms with Gasteiger partial charge in [-0.05, 0) is 13.3 Å². The molecule has 0 aliphatic carbocycles. The van der Waals surface area contributed by atoms with Crippen molar-refractivity contribution in [2.24, 2.45) is 0 Å². The Morgan fingerprint density at radius 1 is 1.14 bits per heavy atom. The molecule has 0 heterocycles. The molecule has 86 valence electrons. The van der Waals surface area contributed by atoms with Crippen molar-refractivity contribution in [1.82, 2.24) is 4.90 Å². The van der Waals surface area contributed by atoms with E-state index in [4.69, 9.17) is 9.47 Å². The van der Waals surface area contributed by atoms with Crippen LogP contribution in [0.15, 0.2) is 0 Å². The standard InChI is InChI=1S/C10H22BrNO2/c1-3-14-9-4-6-12(7-5-11)8-10-13-2/h3-10H2,1-2H3. The maximum absolute atomic E-state index is 5.30.